The first-order valence-corrected chi connectivity index (χ1v) is 8.20. The summed E-state index contributed by atoms with van der Waals surface area (Å²) >= 11 is 6.76. The van der Waals surface area contributed by atoms with E-state index in [9.17, 15) is 8.42 Å². The third kappa shape index (κ3) is 5.68. The van der Waals surface area contributed by atoms with Gasteiger partial charge in [0.25, 0.3) is 0 Å². The maximum Gasteiger partial charge on any atom is 0.148 e. The molecule has 5 heteroatoms. The summed E-state index contributed by atoms with van der Waals surface area (Å²) in [6.07, 6.45) is 1.97. The van der Waals surface area contributed by atoms with Crippen LogP contribution in [0.1, 0.15) is 5.56 Å². The Labute approximate surface area is 107 Å². The minimum atomic E-state index is -2.91. The number of halogens is 2. The highest BCUT2D eigenvalue weighted by atomic mass is 79.9. The minimum absolute atomic E-state index is 0.0261. The number of benzene rings is 1. The Balaban J connectivity index is 2.63. The molecule has 0 N–H and O–H groups in total. The van der Waals surface area contributed by atoms with Crippen molar-refractivity contribution in [1.82, 2.24) is 0 Å². The van der Waals surface area contributed by atoms with Crippen molar-refractivity contribution in [3.05, 3.63) is 34.3 Å². The average molecular weight is 356 g/mol. The third-order valence-electron chi connectivity index (χ3n) is 1.83. The van der Waals surface area contributed by atoms with Crippen molar-refractivity contribution in [3.63, 3.8) is 0 Å². The zero-order valence-electron chi connectivity index (χ0n) is 8.28. The fraction of sp³-hybridized carbons (Fsp3) is 0.400. The second-order valence-electron chi connectivity index (χ2n) is 3.52. The van der Waals surface area contributed by atoms with E-state index in [4.69, 9.17) is 0 Å². The van der Waals surface area contributed by atoms with E-state index in [1.165, 1.54) is 6.26 Å². The van der Waals surface area contributed by atoms with E-state index in [-0.39, 0.29) is 10.6 Å². The molecule has 0 amide bonds. The molecular formula is C10H12Br2O2S. The number of sulfone groups is 1. The molecule has 2 nitrogen and oxygen atoms in total. The van der Waals surface area contributed by atoms with Crippen molar-refractivity contribution < 1.29 is 8.42 Å². The van der Waals surface area contributed by atoms with Crippen LogP contribution in [0.25, 0.3) is 0 Å². The van der Waals surface area contributed by atoms with Crippen molar-refractivity contribution in [1.29, 1.82) is 0 Å². The van der Waals surface area contributed by atoms with Gasteiger partial charge in [-0.3, -0.25) is 0 Å². The summed E-state index contributed by atoms with van der Waals surface area (Å²) in [6, 6.07) is 7.88. The Morgan fingerprint density at radius 2 is 2.07 bits per heavy atom. The van der Waals surface area contributed by atoms with Crippen LogP contribution in [-0.2, 0) is 16.3 Å². The van der Waals surface area contributed by atoms with Crippen LogP contribution in [-0.4, -0.2) is 25.3 Å². The molecule has 15 heavy (non-hydrogen) atoms. The Morgan fingerprint density at radius 3 is 2.60 bits per heavy atom. The fourth-order valence-corrected chi connectivity index (χ4v) is 4.34. The van der Waals surface area contributed by atoms with E-state index >= 15 is 0 Å². The fourth-order valence-electron chi connectivity index (χ4n) is 1.31. The average Bonchev–Trinajstić information content (AvgIpc) is 1.99. The molecule has 1 aromatic rings. The molecule has 1 rings (SSSR count). The maximum atomic E-state index is 11.1. The first-order valence-electron chi connectivity index (χ1n) is 4.43. The quantitative estimate of drug-likeness (QED) is 0.778. The summed E-state index contributed by atoms with van der Waals surface area (Å²) in [4.78, 5) is -0.0261. The molecule has 0 fully saturated rings. The van der Waals surface area contributed by atoms with Gasteiger partial charge in [0.05, 0.1) is 5.75 Å². The Morgan fingerprint density at radius 1 is 1.40 bits per heavy atom. The van der Waals surface area contributed by atoms with Gasteiger partial charge in [0.15, 0.2) is 0 Å². The van der Waals surface area contributed by atoms with Gasteiger partial charge in [-0.25, -0.2) is 8.42 Å². The van der Waals surface area contributed by atoms with Gasteiger partial charge in [-0.1, -0.05) is 44.0 Å². The molecule has 0 saturated carbocycles. The molecule has 0 aromatic heterocycles. The molecular weight excluding hydrogens is 344 g/mol. The normalized spacial score (nSPS) is 13.8. The standard InChI is InChI=1S/C10H12Br2O2S/c1-15(13,14)7-10(12)6-8-3-2-4-9(11)5-8/h2-5,10H,6-7H2,1H3. The summed E-state index contributed by atoms with van der Waals surface area (Å²) in [5, 5.41) is 0. The van der Waals surface area contributed by atoms with Crippen LogP contribution in [0.15, 0.2) is 28.7 Å². The van der Waals surface area contributed by atoms with Crippen molar-refractivity contribution in [2.45, 2.75) is 11.2 Å². The van der Waals surface area contributed by atoms with Gasteiger partial charge in [-0.2, -0.15) is 0 Å². The number of alkyl halides is 1. The highest BCUT2D eigenvalue weighted by Crippen LogP contribution is 2.16. The van der Waals surface area contributed by atoms with Crippen LogP contribution in [0.3, 0.4) is 0 Å². The van der Waals surface area contributed by atoms with E-state index in [0.29, 0.717) is 6.42 Å². The topological polar surface area (TPSA) is 34.1 Å². The van der Waals surface area contributed by atoms with Crippen LogP contribution >= 0.6 is 31.9 Å². The maximum absolute atomic E-state index is 11.1. The van der Waals surface area contributed by atoms with Crippen LogP contribution < -0.4 is 0 Å². The predicted octanol–water partition coefficient (Wildman–Crippen LogP) is 2.80. The molecule has 0 saturated heterocycles. The Kier molecular flexibility index (Phi) is 4.80. The number of rotatable bonds is 4. The first kappa shape index (κ1) is 13.2. The highest BCUT2D eigenvalue weighted by molar-refractivity contribution is 9.10. The van der Waals surface area contributed by atoms with Gasteiger partial charge in [0.1, 0.15) is 9.84 Å². The van der Waals surface area contributed by atoms with Crippen LogP contribution in [0, 0.1) is 0 Å². The monoisotopic (exact) mass is 354 g/mol. The Bertz CT molecular complexity index is 429. The van der Waals surface area contributed by atoms with E-state index in [1.807, 2.05) is 24.3 Å². The van der Waals surface area contributed by atoms with Crippen LogP contribution in [0.2, 0.25) is 0 Å². The molecule has 0 spiro atoms. The molecule has 0 radical (unpaired) electrons. The Hall–Kier alpha value is 0.130. The van der Waals surface area contributed by atoms with E-state index < -0.39 is 9.84 Å². The van der Waals surface area contributed by atoms with Gasteiger partial charge in [0, 0.05) is 15.6 Å². The van der Waals surface area contributed by atoms with E-state index in [0.717, 1.165) is 10.0 Å². The van der Waals surface area contributed by atoms with Gasteiger partial charge >= 0.3 is 0 Å². The van der Waals surface area contributed by atoms with Crippen LogP contribution in [0.4, 0.5) is 0 Å². The SMILES string of the molecule is CS(=O)(=O)CC(Br)Cc1cccc(Br)c1. The summed E-state index contributed by atoms with van der Waals surface area (Å²) in [6.45, 7) is 0. The lowest BCUT2D eigenvalue weighted by atomic mass is 10.1. The van der Waals surface area contributed by atoms with Crippen molar-refractivity contribution >= 4 is 41.7 Å². The zero-order valence-corrected chi connectivity index (χ0v) is 12.3. The molecule has 0 aliphatic heterocycles. The minimum Gasteiger partial charge on any atom is -0.229 e. The van der Waals surface area contributed by atoms with Gasteiger partial charge in [-0.05, 0) is 24.1 Å². The number of hydrogen-bond donors (Lipinski definition) is 0. The molecule has 0 aliphatic rings. The van der Waals surface area contributed by atoms with Gasteiger partial charge < -0.3 is 0 Å². The van der Waals surface area contributed by atoms with Crippen molar-refractivity contribution in [2.24, 2.45) is 0 Å². The lowest BCUT2D eigenvalue weighted by Gasteiger charge is -2.08. The zero-order chi connectivity index (χ0) is 11.5. The van der Waals surface area contributed by atoms with Gasteiger partial charge in [0.2, 0.25) is 0 Å². The second-order valence-corrected chi connectivity index (χ2v) is 7.92. The molecule has 1 unspecified atom stereocenters. The van der Waals surface area contributed by atoms with Gasteiger partial charge in [-0.15, -0.1) is 0 Å². The first-order chi connectivity index (χ1) is 6.87. The summed E-state index contributed by atoms with van der Waals surface area (Å²) < 4.78 is 23.1. The molecule has 1 atom stereocenters. The molecule has 0 aliphatic carbocycles. The lowest BCUT2D eigenvalue weighted by molar-refractivity contribution is 0.600. The van der Waals surface area contributed by atoms with Crippen LogP contribution in [0.5, 0.6) is 0 Å². The lowest BCUT2D eigenvalue weighted by Crippen LogP contribution is -2.16. The second kappa shape index (κ2) is 5.46. The number of hydrogen-bond acceptors (Lipinski definition) is 2. The predicted molar refractivity (Wildman–Crippen MR) is 70.3 cm³/mol. The molecule has 0 bridgehead atoms. The summed E-state index contributed by atoms with van der Waals surface area (Å²) in [7, 11) is -2.91. The molecule has 0 heterocycles. The molecule has 84 valence electrons. The van der Waals surface area contributed by atoms with E-state index in [1.54, 1.807) is 0 Å². The smallest absolute Gasteiger partial charge is 0.148 e. The summed E-state index contributed by atoms with van der Waals surface area (Å²) in [5.74, 6) is 0.166. The van der Waals surface area contributed by atoms with Crippen molar-refractivity contribution in [3.8, 4) is 0 Å². The van der Waals surface area contributed by atoms with Crippen molar-refractivity contribution in [2.75, 3.05) is 12.0 Å². The van der Waals surface area contributed by atoms with E-state index in [2.05, 4.69) is 31.9 Å². The highest BCUT2D eigenvalue weighted by Gasteiger charge is 2.12. The molecule has 1 aromatic carbocycles. The third-order valence-corrected chi connectivity index (χ3v) is 4.41. The largest absolute Gasteiger partial charge is 0.229 e. The summed E-state index contributed by atoms with van der Waals surface area (Å²) in [5.41, 5.74) is 1.12.